The van der Waals surface area contributed by atoms with Crippen LogP contribution in [0.3, 0.4) is 0 Å². The third kappa shape index (κ3) is 8.07. The van der Waals surface area contributed by atoms with Crippen LogP contribution >= 0.6 is 0 Å². The van der Waals surface area contributed by atoms with Crippen molar-refractivity contribution < 1.29 is 29.1 Å². The molecule has 43 heavy (non-hydrogen) atoms. The number of hydrogen-bond acceptors (Lipinski definition) is 5. The Morgan fingerprint density at radius 1 is 0.488 bits per heavy atom. The van der Waals surface area contributed by atoms with Gasteiger partial charge in [0.15, 0.2) is 23.1 Å². The molecule has 0 saturated carbocycles. The van der Waals surface area contributed by atoms with Gasteiger partial charge in [-0.3, -0.25) is 19.2 Å². The molecular weight excluding hydrogens is 540 g/mol. The summed E-state index contributed by atoms with van der Waals surface area (Å²) in [6.45, 7) is 5.34. The van der Waals surface area contributed by atoms with Crippen molar-refractivity contribution in [3.8, 4) is 0 Å². The van der Waals surface area contributed by atoms with Crippen LogP contribution in [0, 0.1) is 0 Å². The normalized spacial score (nSPS) is 10.8. The molecule has 1 N–H and O–H groups in total. The van der Waals surface area contributed by atoms with E-state index in [9.17, 15) is 29.1 Å². The summed E-state index contributed by atoms with van der Waals surface area (Å²) in [5, 5.41) is 9.41. The molecule has 0 fully saturated rings. The van der Waals surface area contributed by atoms with Gasteiger partial charge in [0.1, 0.15) is 0 Å². The van der Waals surface area contributed by atoms with Crippen LogP contribution in [0.2, 0.25) is 0 Å². The highest BCUT2D eigenvalue weighted by molar-refractivity contribution is 6.06. The van der Waals surface area contributed by atoms with E-state index in [-0.39, 0.29) is 53.5 Å². The number of hydrogen-bond donors (Lipinski definition) is 1. The Hall–Kier alpha value is -4.97. The molecule has 0 spiro atoms. The Labute approximate surface area is 251 Å². The monoisotopic (exact) mass is 574 g/mol. The molecule has 0 aliphatic carbocycles. The Morgan fingerprint density at radius 3 is 1.30 bits per heavy atom. The number of carboxylic acid groups (broad SMARTS) is 1. The van der Waals surface area contributed by atoms with Gasteiger partial charge >= 0.3 is 5.97 Å². The fourth-order valence-corrected chi connectivity index (χ4v) is 5.00. The predicted molar refractivity (Wildman–Crippen MR) is 166 cm³/mol. The van der Waals surface area contributed by atoms with E-state index in [4.69, 9.17) is 0 Å². The summed E-state index contributed by atoms with van der Waals surface area (Å²) in [6, 6.07) is 24.2. The summed E-state index contributed by atoms with van der Waals surface area (Å²) in [6.07, 6.45) is 1.68. The molecule has 0 radical (unpaired) electrons. The first-order valence-corrected chi connectivity index (χ1v) is 14.3. The number of ketones is 4. The van der Waals surface area contributed by atoms with Crippen molar-refractivity contribution in [2.45, 2.75) is 52.9 Å². The largest absolute Gasteiger partial charge is 0.478 e. The van der Waals surface area contributed by atoms with Crippen LogP contribution in [0.15, 0.2) is 84.9 Å². The number of aryl methyl sites for hydroxylation is 2. The van der Waals surface area contributed by atoms with E-state index in [2.05, 4.69) is 0 Å². The molecule has 4 aromatic carbocycles. The summed E-state index contributed by atoms with van der Waals surface area (Å²) in [5.74, 6) is -1.98. The van der Waals surface area contributed by atoms with Gasteiger partial charge in [0, 0.05) is 41.5 Å². The molecule has 6 heteroatoms. The van der Waals surface area contributed by atoms with Gasteiger partial charge in [0.25, 0.3) is 0 Å². The Bertz CT molecular complexity index is 1730. The fraction of sp³-hybridized carbons (Fsp3) is 0.216. The van der Waals surface area contributed by atoms with Crippen LogP contribution < -0.4 is 0 Å². The topological polar surface area (TPSA) is 106 Å². The van der Waals surface area contributed by atoms with E-state index < -0.39 is 5.97 Å². The number of aromatic carboxylic acids is 1. The SMILES string of the molecule is CCc1cccc(CC(=O)c2cc(C(C)=O)cc(C(=O)Cc3cccc(CC(=O)c4cc(CC)cc(C(=O)O)c4)c3)c2)c1. The molecule has 0 saturated heterocycles. The third-order valence-corrected chi connectivity index (χ3v) is 7.44. The third-order valence-electron chi connectivity index (χ3n) is 7.44. The van der Waals surface area contributed by atoms with E-state index in [0.29, 0.717) is 34.2 Å². The number of carbonyl (C=O) groups is 5. The summed E-state index contributed by atoms with van der Waals surface area (Å²) in [5.41, 5.74) is 5.43. The maximum absolute atomic E-state index is 13.4. The first-order valence-electron chi connectivity index (χ1n) is 14.3. The molecule has 218 valence electrons. The van der Waals surface area contributed by atoms with E-state index in [1.54, 1.807) is 48.5 Å². The summed E-state index contributed by atoms with van der Waals surface area (Å²) in [7, 11) is 0. The summed E-state index contributed by atoms with van der Waals surface area (Å²) in [4.78, 5) is 63.4. The zero-order valence-corrected chi connectivity index (χ0v) is 24.6. The number of Topliss-reactive ketones (excluding diaryl/α,β-unsaturated/α-hetero) is 4. The van der Waals surface area contributed by atoms with Crippen molar-refractivity contribution >= 4 is 29.1 Å². The summed E-state index contributed by atoms with van der Waals surface area (Å²) >= 11 is 0. The Morgan fingerprint density at radius 2 is 0.860 bits per heavy atom. The quantitative estimate of drug-likeness (QED) is 0.173. The lowest BCUT2D eigenvalue weighted by atomic mass is 9.93. The molecular formula is C37H34O6. The molecule has 0 atom stereocenters. The van der Waals surface area contributed by atoms with E-state index in [0.717, 1.165) is 23.1 Å². The Kier molecular flexibility index (Phi) is 9.94. The van der Waals surface area contributed by atoms with Crippen LogP contribution in [0.25, 0.3) is 0 Å². The molecule has 0 aromatic heterocycles. The van der Waals surface area contributed by atoms with Gasteiger partial charge < -0.3 is 5.11 Å². The lowest BCUT2D eigenvalue weighted by Gasteiger charge is -2.10. The standard InChI is InChI=1S/C37H34O6/c1-4-24-8-6-9-26(12-24)16-35(40)31-19-29(23(3)38)20-32(21-31)36(41)18-28-11-7-10-27(13-28)17-34(39)30-14-25(5-2)15-33(22-30)37(42)43/h6-15,19-22H,4-5,16-18H2,1-3H3,(H,42,43). The van der Waals surface area contributed by atoms with Gasteiger partial charge in [-0.2, -0.15) is 0 Å². The zero-order chi connectivity index (χ0) is 31.1. The second kappa shape index (κ2) is 13.8. The van der Waals surface area contributed by atoms with Crippen LogP contribution in [-0.4, -0.2) is 34.2 Å². The number of carboxylic acids is 1. The van der Waals surface area contributed by atoms with E-state index in [1.807, 2.05) is 38.1 Å². The van der Waals surface area contributed by atoms with Crippen LogP contribution in [-0.2, 0) is 32.1 Å². The molecule has 0 unspecified atom stereocenters. The van der Waals surface area contributed by atoms with Crippen molar-refractivity contribution in [3.63, 3.8) is 0 Å². The van der Waals surface area contributed by atoms with E-state index >= 15 is 0 Å². The van der Waals surface area contributed by atoms with Crippen molar-refractivity contribution in [2.24, 2.45) is 0 Å². The highest BCUT2D eigenvalue weighted by atomic mass is 16.4. The van der Waals surface area contributed by atoms with E-state index in [1.165, 1.54) is 19.1 Å². The summed E-state index contributed by atoms with van der Waals surface area (Å²) < 4.78 is 0. The molecule has 0 heterocycles. The molecule has 0 aliphatic heterocycles. The molecule has 0 aliphatic rings. The highest BCUT2D eigenvalue weighted by Gasteiger charge is 2.17. The van der Waals surface area contributed by atoms with Crippen LogP contribution in [0.1, 0.15) is 100 Å². The van der Waals surface area contributed by atoms with Gasteiger partial charge in [-0.15, -0.1) is 0 Å². The molecule has 0 amide bonds. The van der Waals surface area contributed by atoms with Gasteiger partial charge in [0.2, 0.25) is 0 Å². The molecule has 0 bridgehead atoms. The minimum Gasteiger partial charge on any atom is -0.478 e. The average Bonchev–Trinajstić information content (AvgIpc) is 3.00. The van der Waals surface area contributed by atoms with Crippen molar-refractivity contribution in [1.82, 2.24) is 0 Å². The number of rotatable bonds is 13. The smallest absolute Gasteiger partial charge is 0.335 e. The lowest BCUT2D eigenvalue weighted by Crippen LogP contribution is -2.11. The first-order chi connectivity index (χ1) is 20.6. The molecule has 6 nitrogen and oxygen atoms in total. The van der Waals surface area contributed by atoms with Crippen molar-refractivity contribution in [1.29, 1.82) is 0 Å². The van der Waals surface area contributed by atoms with Gasteiger partial charge in [-0.05, 0) is 84.0 Å². The maximum Gasteiger partial charge on any atom is 0.335 e. The second-order valence-electron chi connectivity index (χ2n) is 10.7. The minimum atomic E-state index is -1.09. The Balaban J connectivity index is 1.53. The van der Waals surface area contributed by atoms with Gasteiger partial charge in [-0.1, -0.05) is 62.4 Å². The zero-order valence-electron chi connectivity index (χ0n) is 24.6. The number of benzene rings is 4. The maximum atomic E-state index is 13.4. The second-order valence-corrected chi connectivity index (χ2v) is 10.7. The molecule has 4 aromatic rings. The predicted octanol–water partition coefficient (Wildman–Crippen LogP) is 6.99. The van der Waals surface area contributed by atoms with Gasteiger partial charge in [-0.25, -0.2) is 4.79 Å². The average molecular weight is 575 g/mol. The number of carbonyl (C=O) groups excluding carboxylic acids is 4. The minimum absolute atomic E-state index is 0.0179. The van der Waals surface area contributed by atoms with Crippen molar-refractivity contribution in [3.05, 3.63) is 141 Å². The van der Waals surface area contributed by atoms with Crippen LogP contribution in [0.4, 0.5) is 0 Å². The fourth-order valence-electron chi connectivity index (χ4n) is 5.00. The van der Waals surface area contributed by atoms with Crippen LogP contribution in [0.5, 0.6) is 0 Å². The highest BCUT2D eigenvalue weighted by Crippen LogP contribution is 2.19. The lowest BCUT2D eigenvalue weighted by molar-refractivity contribution is 0.0696. The first kappa shape index (κ1) is 31.0. The van der Waals surface area contributed by atoms with Crippen molar-refractivity contribution in [2.75, 3.05) is 0 Å². The molecule has 4 rings (SSSR count). The van der Waals surface area contributed by atoms with Gasteiger partial charge in [0.05, 0.1) is 5.56 Å².